The molecule has 0 saturated carbocycles. The van der Waals surface area contributed by atoms with Crippen LogP contribution in [0.2, 0.25) is 0 Å². The Balaban J connectivity index is 2.04. The SMILES string of the molecule is COc1ccc(/C=C/c2ccc([N+](=O)[O-])c(/C=C/c3ccc(OC)cc3)c2[N+](=O)[O-])cc1. The maximum absolute atomic E-state index is 11.9. The molecular weight excluding hydrogens is 412 g/mol. The Morgan fingerprint density at radius 1 is 0.656 bits per heavy atom. The monoisotopic (exact) mass is 432 g/mol. The van der Waals surface area contributed by atoms with E-state index in [1.54, 1.807) is 81.0 Å². The Labute approximate surface area is 184 Å². The summed E-state index contributed by atoms with van der Waals surface area (Å²) in [5, 5.41) is 23.4. The molecule has 32 heavy (non-hydrogen) atoms. The molecule has 3 rings (SSSR count). The number of nitrogens with zero attached hydrogens (tertiary/aromatic N) is 2. The lowest BCUT2D eigenvalue weighted by Gasteiger charge is -2.04. The molecule has 0 unspecified atom stereocenters. The van der Waals surface area contributed by atoms with Crippen molar-refractivity contribution in [1.82, 2.24) is 0 Å². The van der Waals surface area contributed by atoms with Crippen LogP contribution in [0.15, 0.2) is 60.7 Å². The Bertz CT molecular complexity index is 1180. The first-order chi connectivity index (χ1) is 15.4. The van der Waals surface area contributed by atoms with E-state index in [4.69, 9.17) is 9.47 Å². The van der Waals surface area contributed by atoms with E-state index in [0.29, 0.717) is 17.1 Å². The van der Waals surface area contributed by atoms with Crippen LogP contribution in [0.4, 0.5) is 11.4 Å². The van der Waals surface area contributed by atoms with E-state index in [0.717, 1.165) is 5.56 Å². The second-order valence-electron chi connectivity index (χ2n) is 6.66. The quantitative estimate of drug-likeness (QED) is 0.251. The highest BCUT2D eigenvalue weighted by Gasteiger charge is 2.26. The number of methoxy groups -OCH3 is 2. The standard InChI is InChI=1S/C24H20N2O6/c1-31-20-11-4-17(5-12-20)3-9-19-10-16-23(25(27)28)22(24(19)26(29)30)15-8-18-6-13-21(32-2)14-7-18/h3-16H,1-2H3/b9-3+,15-8+. The summed E-state index contributed by atoms with van der Waals surface area (Å²) in [5.74, 6) is 1.35. The molecule has 8 heteroatoms. The highest BCUT2D eigenvalue weighted by Crippen LogP contribution is 2.35. The van der Waals surface area contributed by atoms with Crippen LogP contribution in [0.25, 0.3) is 24.3 Å². The molecule has 0 bridgehead atoms. The Kier molecular flexibility index (Phi) is 6.97. The van der Waals surface area contributed by atoms with E-state index in [-0.39, 0.29) is 22.5 Å². The van der Waals surface area contributed by atoms with Crippen molar-refractivity contribution in [3.8, 4) is 11.5 Å². The summed E-state index contributed by atoms with van der Waals surface area (Å²) >= 11 is 0. The molecule has 0 radical (unpaired) electrons. The lowest BCUT2D eigenvalue weighted by atomic mass is 10.0. The van der Waals surface area contributed by atoms with Crippen LogP contribution < -0.4 is 9.47 Å². The zero-order valence-corrected chi connectivity index (χ0v) is 17.4. The second-order valence-corrected chi connectivity index (χ2v) is 6.66. The molecule has 0 N–H and O–H groups in total. The summed E-state index contributed by atoms with van der Waals surface area (Å²) < 4.78 is 10.2. The summed E-state index contributed by atoms with van der Waals surface area (Å²) in [4.78, 5) is 22.2. The fraction of sp³-hybridized carbons (Fsp3) is 0.0833. The number of benzene rings is 3. The van der Waals surface area contributed by atoms with Crippen LogP contribution in [-0.4, -0.2) is 24.1 Å². The number of rotatable bonds is 8. The van der Waals surface area contributed by atoms with E-state index >= 15 is 0 Å². The number of hydrogen-bond acceptors (Lipinski definition) is 6. The first kappa shape index (κ1) is 22.2. The molecule has 0 saturated heterocycles. The zero-order valence-electron chi connectivity index (χ0n) is 17.4. The lowest BCUT2D eigenvalue weighted by molar-refractivity contribution is -0.394. The van der Waals surface area contributed by atoms with Crippen molar-refractivity contribution in [2.24, 2.45) is 0 Å². The fourth-order valence-corrected chi connectivity index (χ4v) is 3.07. The predicted molar refractivity (Wildman–Crippen MR) is 124 cm³/mol. The average molecular weight is 432 g/mol. The van der Waals surface area contributed by atoms with Crippen LogP contribution >= 0.6 is 0 Å². The van der Waals surface area contributed by atoms with Gasteiger partial charge in [-0.2, -0.15) is 0 Å². The largest absolute Gasteiger partial charge is 0.497 e. The fourth-order valence-electron chi connectivity index (χ4n) is 3.07. The van der Waals surface area contributed by atoms with Gasteiger partial charge in [0.15, 0.2) is 0 Å². The molecule has 0 spiro atoms. The maximum Gasteiger partial charge on any atom is 0.290 e. The highest BCUT2D eigenvalue weighted by atomic mass is 16.6. The number of nitro benzene ring substituents is 2. The van der Waals surface area contributed by atoms with Crippen LogP contribution in [0.3, 0.4) is 0 Å². The van der Waals surface area contributed by atoms with Gasteiger partial charge in [-0.25, -0.2) is 0 Å². The molecule has 0 aliphatic carbocycles. The van der Waals surface area contributed by atoms with E-state index in [1.165, 1.54) is 18.2 Å². The first-order valence-electron chi connectivity index (χ1n) is 9.53. The molecule has 0 heterocycles. The van der Waals surface area contributed by atoms with Crippen molar-refractivity contribution in [3.63, 3.8) is 0 Å². The molecule has 8 nitrogen and oxygen atoms in total. The van der Waals surface area contributed by atoms with Gasteiger partial charge in [0.2, 0.25) is 0 Å². The van der Waals surface area contributed by atoms with Gasteiger partial charge < -0.3 is 9.47 Å². The molecule has 3 aromatic rings. The number of nitro groups is 2. The van der Waals surface area contributed by atoms with Crippen LogP contribution in [-0.2, 0) is 0 Å². The van der Waals surface area contributed by atoms with Crippen LogP contribution in [0.5, 0.6) is 11.5 Å². The summed E-state index contributed by atoms with van der Waals surface area (Å²) in [5.41, 5.74) is 1.01. The van der Waals surface area contributed by atoms with Crippen molar-refractivity contribution in [2.45, 2.75) is 0 Å². The molecular formula is C24H20N2O6. The third-order valence-electron chi connectivity index (χ3n) is 4.73. The van der Waals surface area contributed by atoms with E-state index in [2.05, 4.69) is 0 Å². The molecule has 0 aliphatic heterocycles. The highest BCUT2D eigenvalue weighted by molar-refractivity contribution is 5.85. The van der Waals surface area contributed by atoms with Crippen molar-refractivity contribution in [2.75, 3.05) is 14.2 Å². The van der Waals surface area contributed by atoms with Gasteiger partial charge in [0.1, 0.15) is 17.1 Å². The molecule has 0 atom stereocenters. The van der Waals surface area contributed by atoms with Gasteiger partial charge in [0.25, 0.3) is 11.4 Å². The van der Waals surface area contributed by atoms with E-state index in [1.807, 2.05) is 0 Å². The van der Waals surface area contributed by atoms with Crippen molar-refractivity contribution < 1.29 is 19.3 Å². The van der Waals surface area contributed by atoms with E-state index < -0.39 is 9.85 Å². The average Bonchev–Trinajstić information content (AvgIpc) is 2.81. The first-order valence-corrected chi connectivity index (χ1v) is 9.53. The van der Waals surface area contributed by atoms with Crippen molar-refractivity contribution in [3.05, 3.63) is 103 Å². The summed E-state index contributed by atoms with van der Waals surface area (Å²) in [7, 11) is 3.11. The van der Waals surface area contributed by atoms with Gasteiger partial charge in [-0.05, 0) is 53.6 Å². The molecule has 3 aromatic carbocycles. The van der Waals surface area contributed by atoms with Crippen LogP contribution in [0, 0.1) is 20.2 Å². The minimum Gasteiger partial charge on any atom is -0.497 e. The molecule has 162 valence electrons. The summed E-state index contributed by atoms with van der Waals surface area (Å²) in [6.07, 6.45) is 6.24. The summed E-state index contributed by atoms with van der Waals surface area (Å²) in [6, 6.07) is 16.8. The second kappa shape index (κ2) is 10.0. The van der Waals surface area contributed by atoms with Crippen LogP contribution in [0.1, 0.15) is 22.3 Å². The summed E-state index contributed by atoms with van der Waals surface area (Å²) in [6.45, 7) is 0. The normalized spacial score (nSPS) is 11.1. The Morgan fingerprint density at radius 3 is 1.59 bits per heavy atom. The third-order valence-corrected chi connectivity index (χ3v) is 4.73. The van der Waals surface area contributed by atoms with Gasteiger partial charge in [-0.15, -0.1) is 0 Å². The lowest BCUT2D eigenvalue weighted by Crippen LogP contribution is -2.00. The predicted octanol–water partition coefficient (Wildman–Crippen LogP) is 5.86. The zero-order chi connectivity index (χ0) is 23.1. The third kappa shape index (κ3) is 5.17. The number of ether oxygens (including phenoxy) is 2. The van der Waals surface area contributed by atoms with Crippen molar-refractivity contribution in [1.29, 1.82) is 0 Å². The van der Waals surface area contributed by atoms with Crippen molar-refractivity contribution >= 4 is 35.7 Å². The minimum absolute atomic E-state index is 0.0762. The maximum atomic E-state index is 11.9. The molecule has 0 amide bonds. The number of hydrogen-bond donors (Lipinski definition) is 0. The smallest absolute Gasteiger partial charge is 0.290 e. The molecule has 0 aliphatic rings. The van der Waals surface area contributed by atoms with Gasteiger partial charge in [-0.3, -0.25) is 20.2 Å². The van der Waals surface area contributed by atoms with Gasteiger partial charge in [-0.1, -0.05) is 36.4 Å². The Hall–Kier alpha value is -4.46. The van der Waals surface area contributed by atoms with Gasteiger partial charge in [0.05, 0.1) is 29.6 Å². The minimum atomic E-state index is -0.627. The Morgan fingerprint density at radius 2 is 1.16 bits per heavy atom. The molecule has 0 fully saturated rings. The van der Waals surface area contributed by atoms with Gasteiger partial charge >= 0.3 is 0 Å². The molecule has 0 aromatic heterocycles. The van der Waals surface area contributed by atoms with Gasteiger partial charge in [0, 0.05) is 6.07 Å². The topological polar surface area (TPSA) is 105 Å². The van der Waals surface area contributed by atoms with E-state index in [9.17, 15) is 20.2 Å².